The summed E-state index contributed by atoms with van der Waals surface area (Å²) in [5, 5.41) is 10.7. The Morgan fingerprint density at radius 3 is 2.39 bits per heavy atom. The van der Waals surface area contributed by atoms with Crippen LogP contribution in [0.3, 0.4) is 0 Å². The average Bonchev–Trinajstić information content (AvgIpc) is 3.21. The fraction of sp³-hybridized carbons (Fsp3) is 0.615. The van der Waals surface area contributed by atoms with Gasteiger partial charge in [0, 0.05) is 0 Å². The normalized spacial score (nSPS) is 27.5. The van der Waals surface area contributed by atoms with Gasteiger partial charge in [-0.1, -0.05) is 0 Å². The van der Waals surface area contributed by atoms with E-state index in [9.17, 15) is 38.4 Å². The number of fused-ring (bicyclic) bond motifs is 1. The van der Waals surface area contributed by atoms with Crippen LogP contribution in [0.5, 0.6) is 0 Å². The summed E-state index contributed by atoms with van der Waals surface area (Å²) in [7, 11) is -15.3. The summed E-state index contributed by atoms with van der Waals surface area (Å²) < 4.78 is 59.4. The van der Waals surface area contributed by atoms with Crippen LogP contribution < -0.4 is 0 Å². The maximum absolute atomic E-state index is 12.0. The van der Waals surface area contributed by atoms with E-state index in [0.717, 1.165) is 0 Å². The monoisotopic (exact) mass is 534 g/mol. The van der Waals surface area contributed by atoms with Crippen LogP contribution >= 0.6 is 23.5 Å². The Hall–Kier alpha value is -1.16. The first kappa shape index (κ1) is 26.4. The zero-order valence-corrected chi connectivity index (χ0v) is 19.7. The highest BCUT2D eigenvalue weighted by Crippen LogP contribution is 2.60. The van der Waals surface area contributed by atoms with Gasteiger partial charge in [0.05, 0.1) is 25.2 Å². The van der Waals surface area contributed by atoms with Crippen molar-refractivity contribution in [2.45, 2.75) is 38.4 Å². The van der Waals surface area contributed by atoms with Crippen LogP contribution in [0, 0.1) is 6.92 Å². The Kier molecular flexibility index (Phi) is 7.88. The van der Waals surface area contributed by atoms with Crippen molar-refractivity contribution in [2.75, 3.05) is 13.2 Å². The molecule has 0 bridgehead atoms. The van der Waals surface area contributed by atoms with Gasteiger partial charge in [0.25, 0.3) is 0 Å². The molecule has 1 aliphatic rings. The van der Waals surface area contributed by atoms with E-state index in [1.807, 2.05) is 0 Å². The number of hydrogen-bond acceptors (Lipinski definition) is 12. The second-order valence-electron chi connectivity index (χ2n) is 6.63. The largest absolute Gasteiger partial charge is 0.481 e. The van der Waals surface area contributed by atoms with Gasteiger partial charge in [0.2, 0.25) is 0 Å². The van der Waals surface area contributed by atoms with Gasteiger partial charge in [-0.2, -0.15) is 4.31 Å². The van der Waals surface area contributed by atoms with Gasteiger partial charge in [0.15, 0.2) is 11.9 Å². The number of rotatable bonds is 10. The summed E-state index contributed by atoms with van der Waals surface area (Å²) in [5.74, 6) is 0. The highest BCUT2D eigenvalue weighted by Gasteiger charge is 2.50. The standard InChI is InChI=1S/C13H21N4O13P3/c1-3-26-32(22,23)30-33(24,25)27-4-8-11(29-31(19,20)21)10(18)13(28-8)17-6-16-9-7(2)14-5-15-12(9)17/h5-6,8,10-11,13,18H,3-4H2,1-2H3,(H,22,23)(H,24,25)(H2,19,20,21). The van der Waals surface area contributed by atoms with E-state index in [1.54, 1.807) is 6.92 Å². The van der Waals surface area contributed by atoms with E-state index < -0.39 is 54.6 Å². The zero-order chi connectivity index (χ0) is 24.6. The van der Waals surface area contributed by atoms with E-state index in [0.29, 0.717) is 11.2 Å². The van der Waals surface area contributed by atoms with Gasteiger partial charge in [0.1, 0.15) is 30.2 Å². The third-order valence-corrected chi connectivity index (χ3v) is 7.51. The Bertz CT molecular complexity index is 1140. The number of aromatic nitrogens is 4. The number of aliphatic hydroxyl groups excluding tert-OH is 1. The molecule has 33 heavy (non-hydrogen) atoms. The molecule has 1 fully saturated rings. The number of aliphatic hydroxyl groups is 1. The minimum absolute atomic E-state index is 0.220. The molecule has 5 N–H and O–H groups in total. The van der Waals surface area contributed by atoms with Crippen molar-refractivity contribution in [1.29, 1.82) is 0 Å². The lowest BCUT2D eigenvalue weighted by molar-refractivity contribution is -0.0502. The predicted octanol–water partition coefficient (Wildman–Crippen LogP) is 0.141. The molecule has 2 aromatic heterocycles. The smallest absolute Gasteiger partial charge is 0.386 e. The molecule has 3 rings (SSSR count). The van der Waals surface area contributed by atoms with E-state index in [1.165, 1.54) is 24.1 Å². The lowest BCUT2D eigenvalue weighted by Crippen LogP contribution is -2.35. The molecule has 0 amide bonds. The van der Waals surface area contributed by atoms with Crippen molar-refractivity contribution in [1.82, 2.24) is 19.5 Å². The number of phosphoric ester groups is 3. The van der Waals surface area contributed by atoms with Gasteiger partial charge < -0.3 is 29.4 Å². The van der Waals surface area contributed by atoms with Crippen molar-refractivity contribution in [2.24, 2.45) is 0 Å². The van der Waals surface area contributed by atoms with Crippen LogP contribution in [0.1, 0.15) is 18.8 Å². The third-order valence-electron chi connectivity index (χ3n) is 4.28. The van der Waals surface area contributed by atoms with Gasteiger partial charge in [-0.3, -0.25) is 18.1 Å². The molecular formula is C13H21N4O13P3. The Morgan fingerprint density at radius 2 is 1.76 bits per heavy atom. The molecule has 2 aromatic rings. The predicted molar refractivity (Wildman–Crippen MR) is 105 cm³/mol. The van der Waals surface area contributed by atoms with Gasteiger partial charge in [-0.25, -0.2) is 28.6 Å². The Labute approximate surface area is 185 Å². The van der Waals surface area contributed by atoms with Gasteiger partial charge in [-0.15, -0.1) is 0 Å². The summed E-state index contributed by atoms with van der Waals surface area (Å²) >= 11 is 0. The number of phosphoric acid groups is 3. The molecular weight excluding hydrogens is 513 g/mol. The number of aryl methyl sites for hydroxylation is 1. The fourth-order valence-corrected chi connectivity index (χ4v) is 5.70. The van der Waals surface area contributed by atoms with Crippen molar-refractivity contribution >= 4 is 34.6 Å². The van der Waals surface area contributed by atoms with Gasteiger partial charge in [-0.05, 0) is 13.8 Å². The van der Waals surface area contributed by atoms with Crippen LogP contribution in [0.4, 0.5) is 0 Å². The lowest BCUT2D eigenvalue weighted by atomic mass is 10.1. The molecule has 3 heterocycles. The minimum Gasteiger partial charge on any atom is -0.386 e. The van der Waals surface area contributed by atoms with E-state index >= 15 is 0 Å². The minimum atomic E-state index is -5.21. The second-order valence-corrected chi connectivity index (χ2v) is 10.9. The molecule has 0 aliphatic carbocycles. The first-order valence-electron chi connectivity index (χ1n) is 9.10. The maximum atomic E-state index is 12.0. The van der Waals surface area contributed by atoms with Crippen LogP contribution in [0.2, 0.25) is 0 Å². The average molecular weight is 534 g/mol. The summed E-state index contributed by atoms with van der Waals surface area (Å²) in [6.45, 7) is 1.73. The fourth-order valence-electron chi connectivity index (χ4n) is 3.04. The molecule has 1 saturated heterocycles. The lowest BCUT2D eigenvalue weighted by Gasteiger charge is -2.22. The summed E-state index contributed by atoms with van der Waals surface area (Å²) in [6, 6.07) is 0. The molecule has 0 radical (unpaired) electrons. The third kappa shape index (κ3) is 6.50. The van der Waals surface area contributed by atoms with Gasteiger partial charge >= 0.3 is 23.5 Å². The van der Waals surface area contributed by atoms with Crippen molar-refractivity contribution in [3.05, 3.63) is 18.3 Å². The number of hydrogen-bond donors (Lipinski definition) is 5. The highest BCUT2D eigenvalue weighted by molar-refractivity contribution is 7.61. The highest BCUT2D eigenvalue weighted by atomic mass is 31.3. The topological polar surface area (TPSA) is 242 Å². The van der Waals surface area contributed by atoms with E-state index in [4.69, 9.17) is 4.74 Å². The SMILES string of the molecule is CCOP(=O)(O)OP(=O)(O)OCC1OC(n2cnc3c(C)ncnc32)C(O)C1OP(=O)(O)O. The first-order chi connectivity index (χ1) is 15.2. The maximum Gasteiger partial charge on any atom is 0.481 e. The van der Waals surface area contributed by atoms with Crippen LogP contribution in [0.15, 0.2) is 12.7 Å². The molecule has 17 nitrogen and oxygen atoms in total. The summed E-state index contributed by atoms with van der Waals surface area (Å²) in [6.07, 6.45) is -3.93. The zero-order valence-electron chi connectivity index (χ0n) is 17.0. The number of ether oxygens (including phenoxy) is 1. The van der Waals surface area contributed by atoms with Crippen LogP contribution in [-0.2, 0) is 36.3 Å². The van der Waals surface area contributed by atoms with E-state index in [-0.39, 0.29) is 12.3 Å². The Morgan fingerprint density at radius 1 is 1.09 bits per heavy atom. The molecule has 1 aliphatic heterocycles. The molecule has 6 atom stereocenters. The quantitative estimate of drug-likeness (QED) is 0.255. The Balaban J connectivity index is 1.83. The molecule has 0 spiro atoms. The molecule has 0 aromatic carbocycles. The molecule has 6 unspecified atom stereocenters. The van der Waals surface area contributed by atoms with Crippen molar-refractivity contribution in [3.63, 3.8) is 0 Å². The molecule has 186 valence electrons. The molecule has 20 heteroatoms. The number of imidazole rings is 1. The van der Waals surface area contributed by atoms with Crippen molar-refractivity contribution < 1.29 is 61.0 Å². The summed E-state index contributed by atoms with van der Waals surface area (Å²) in [5.41, 5.74) is 1.09. The van der Waals surface area contributed by atoms with Crippen LogP contribution in [-0.4, -0.2) is 75.7 Å². The second kappa shape index (κ2) is 9.84. The first-order valence-corrected chi connectivity index (χ1v) is 13.6. The number of nitrogens with zero attached hydrogens (tertiary/aromatic N) is 4. The van der Waals surface area contributed by atoms with Crippen LogP contribution in [0.25, 0.3) is 11.2 Å². The van der Waals surface area contributed by atoms with Crippen molar-refractivity contribution in [3.8, 4) is 0 Å². The molecule has 0 saturated carbocycles. The van der Waals surface area contributed by atoms with E-state index in [2.05, 4.69) is 32.8 Å². The summed E-state index contributed by atoms with van der Waals surface area (Å²) in [4.78, 5) is 49.6.